The van der Waals surface area contributed by atoms with Gasteiger partial charge in [-0.25, -0.2) is 0 Å². The summed E-state index contributed by atoms with van der Waals surface area (Å²) >= 11 is 0. The van der Waals surface area contributed by atoms with Crippen molar-refractivity contribution < 1.29 is 9.53 Å². The molecule has 1 spiro atoms. The van der Waals surface area contributed by atoms with Gasteiger partial charge in [0.05, 0.1) is 0 Å². The number of aliphatic imine (C=N–C) groups is 1. The van der Waals surface area contributed by atoms with Gasteiger partial charge < -0.3 is 16.2 Å². The maximum Gasteiger partial charge on any atom is 0.280 e. The average molecular weight is 347 g/mol. The molecular formula is C21H21N3O2. The monoisotopic (exact) mass is 347 g/mol. The van der Waals surface area contributed by atoms with Crippen molar-refractivity contribution in [2.75, 3.05) is 0 Å². The minimum absolute atomic E-state index is 0.243. The van der Waals surface area contributed by atoms with Crippen LogP contribution in [0, 0.1) is 0 Å². The second kappa shape index (κ2) is 6.33. The Kier molecular flexibility index (Phi) is 3.99. The highest BCUT2D eigenvalue weighted by Gasteiger charge is 2.38. The Bertz CT molecular complexity index is 906. The van der Waals surface area contributed by atoms with Crippen LogP contribution in [0.3, 0.4) is 0 Å². The molecule has 132 valence electrons. The van der Waals surface area contributed by atoms with Crippen LogP contribution in [0.1, 0.15) is 47.2 Å². The molecule has 4 rings (SSSR count). The molecule has 5 nitrogen and oxygen atoms in total. The summed E-state index contributed by atoms with van der Waals surface area (Å²) in [7, 11) is 0. The molecule has 5 heteroatoms. The Hall–Kier alpha value is -3.08. The molecular weight excluding hydrogens is 326 g/mol. The first-order chi connectivity index (χ1) is 12.6. The first kappa shape index (κ1) is 16.4. The summed E-state index contributed by atoms with van der Waals surface area (Å²) in [6.45, 7) is 0. The van der Waals surface area contributed by atoms with Gasteiger partial charge in [0, 0.05) is 11.1 Å². The van der Waals surface area contributed by atoms with Crippen LogP contribution in [-0.2, 0) is 0 Å². The number of nitrogens with two attached hydrogens (primary N) is 2. The standard InChI is InChI=1S/C21H21N3O2/c22-20(23)24-19(25)15-8-9-18-16(12-15)17(14-6-2-1-3-7-14)13-21(26-18)10-4-5-11-21/h1-3,6-9,12-13H,4-5,10-11H2,(H4,22,23,24,25). The van der Waals surface area contributed by atoms with Gasteiger partial charge in [-0.1, -0.05) is 30.3 Å². The number of carbonyl (C=O) groups excluding carboxylic acids is 1. The first-order valence-corrected chi connectivity index (χ1v) is 8.82. The molecule has 1 aliphatic carbocycles. The van der Waals surface area contributed by atoms with E-state index >= 15 is 0 Å². The predicted octanol–water partition coefficient (Wildman–Crippen LogP) is 3.24. The Morgan fingerprint density at radius 1 is 1.04 bits per heavy atom. The third-order valence-electron chi connectivity index (χ3n) is 5.00. The number of carbonyl (C=O) groups is 1. The van der Waals surface area contributed by atoms with Crippen molar-refractivity contribution in [1.29, 1.82) is 0 Å². The summed E-state index contributed by atoms with van der Waals surface area (Å²) in [5, 5.41) is 0. The van der Waals surface area contributed by atoms with E-state index in [4.69, 9.17) is 16.2 Å². The molecule has 0 radical (unpaired) electrons. The summed E-state index contributed by atoms with van der Waals surface area (Å²) in [5.41, 5.74) is 14.0. The van der Waals surface area contributed by atoms with Gasteiger partial charge >= 0.3 is 0 Å². The minimum atomic E-state index is -0.457. The highest BCUT2D eigenvalue weighted by atomic mass is 16.5. The number of hydrogen-bond acceptors (Lipinski definition) is 2. The number of benzene rings is 2. The summed E-state index contributed by atoms with van der Waals surface area (Å²) in [4.78, 5) is 15.9. The molecule has 1 fully saturated rings. The molecule has 0 unspecified atom stereocenters. The van der Waals surface area contributed by atoms with E-state index in [1.807, 2.05) is 30.3 Å². The van der Waals surface area contributed by atoms with Crippen LogP contribution in [-0.4, -0.2) is 17.5 Å². The Morgan fingerprint density at radius 3 is 2.46 bits per heavy atom. The van der Waals surface area contributed by atoms with Crippen LogP contribution < -0.4 is 16.2 Å². The van der Waals surface area contributed by atoms with Gasteiger partial charge in [-0.05, 0) is 61.1 Å². The number of hydrogen-bond donors (Lipinski definition) is 2. The first-order valence-electron chi connectivity index (χ1n) is 8.82. The Labute approximate surface area is 152 Å². The molecule has 1 amide bonds. The average Bonchev–Trinajstić information content (AvgIpc) is 3.08. The SMILES string of the molecule is NC(N)=NC(=O)c1ccc2c(c1)C(c1ccccc1)=CC1(CCCC1)O2. The van der Waals surface area contributed by atoms with Gasteiger partial charge in [-0.2, -0.15) is 4.99 Å². The fourth-order valence-electron chi connectivity index (χ4n) is 3.81. The Morgan fingerprint density at radius 2 is 1.77 bits per heavy atom. The lowest BCUT2D eigenvalue weighted by atomic mass is 9.86. The lowest BCUT2D eigenvalue weighted by Crippen LogP contribution is -2.33. The van der Waals surface area contributed by atoms with E-state index in [1.165, 1.54) is 0 Å². The fraction of sp³-hybridized carbons (Fsp3) is 0.238. The normalized spacial score (nSPS) is 17.2. The smallest absolute Gasteiger partial charge is 0.280 e. The summed E-state index contributed by atoms with van der Waals surface area (Å²) < 4.78 is 6.38. The second-order valence-corrected chi connectivity index (χ2v) is 6.85. The van der Waals surface area contributed by atoms with E-state index in [2.05, 4.69) is 23.2 Å². The molecule has 0 bridgehead atoms. The van der Waals surface area contributed by atoms with Crippen LogP contribution in [0.15, 0.2) is 59.6 Å². The van der Waals surface area contributed by atoms with Crippen LogP contribution >= 0.6 is 0 Å². The zero-order valence-electron chi connectivity index (χ0n) is 14.4. The molecule has 4 N–H and O–H groups in total. The van der Waals surface area contributed by atoms with Crippen LogP contribution in [0.4, 0.5) is 0 Å². The van der Waals surface area contributed by atoms with Crippen molar-refractivity contribution in [2.45, 2.75) is 31.3 Å². The number of fused-ring (bicyclic) bond motifs is 1. The quantitative estimate of drug-likeness (QED) is 0.644. The van der Waals surface area contributed by atoms with E-state index in [0.29, 0.717) is 5.56 Å². The van der Waals surface area contributed by atoms with E-state index in [0.717, 1.165) is 48.1 Å². The summed E-state index contributed by atoms with van der Waals surface area (Å²) in [5.74, 6) is 0.101. The molecule has 1 aliphatic heterocycles. The van der Waals surface area contributed by atoms with Gasteiger partial charge in [0.15, 0.2) is 5.96 Å². The van der Waals surface area contributed by atoms with Crippen LogP contribution in [0.25, 0.3) is 5.57 Å². The maximum atomic E-state index is 12.2. The molecule has 1 saturated carbocycles. The molecule has 0 aromatic heterocycles. The number of ether oxygens (including phenoxy) is 1. The minimum Gasteiger partial charge on any atom is -0.483 e. The number of nitrogens with zero attached hydrogens (tertiary/aromatic N) is 1. The third-order valence-corrected chi connectivity index (χ3v) is 5.00. The predicted molar refractivity (Wildman–Crippen MR) is 102 cm³/mol. The van der Waals surface area contributed by atoms with Crippen LogP contribution in [0.5, 0.6) is 5.75 Å². The molecule has 2 aliphatic rings. The molecule has 0 saturated heterocycles. The molecule has 26 heavy (non-hydrogen) atoms. The van der Waals surface area contributed by atoms with Gasteiger partial charge in [0.25, 0.3) is 5.91 Å². The van der Waals surface area contributed by atoms with E-state index in [9.17, 15) is 4.79 Å². The highest BCUT2D eigenvalue weighted by molar-refractivity contribution is 6.03. The summed E-state index contributed by atoms with van der Waals surface area (Å²) in [6.07, 6.45) is 6.57. The van der Waals surface area contributed by atoms with Gasteiger partial charge in [0.2, 0.25) is 0 Å². The van der Waals surface area contributed by atoms with E-state index < -0.39 is 5.91 Å². The number of rotatable bonds is 2. The van der Waals surface area contributed by atoms with Gasteiger partial charge in [-0.15, -0.1) is 0 Å². The molecule has 2 aromatic rings. The number of amides is 1. The van der Waals surface area contributed by atoms with Crippen LogP contribution in [0.2, 0.25) is 0 Å². The summed E-state index contributed by atoms with van der Waals surface area (Å²) in [6, 6.07) is 15.5. The topological polar surface area (TPSA) is 90.7 Å². The molecule has 2 aromatic carbocycles. The van der Waals surface area contributed by atoms with Crippen molar-refractivity contribution in [3.63, 3.8) is 0 Å². The van der Waals surface area contributed by atoms with E-state index in [1.54, 1.807) is 6.07 Å². The highest BCUT2D eigenvalue weighted by Crippen LogP contribution is 2.46. The van der Waals surface area contributed by atoms with Crippen molar-refractivity contribution in [3.05, 3.63) is 71.3 Å². The van der Waals surface area contributed by atoms with Gasteiger partial charge in [-0.3, -0.25) is 4.79 Å². The largest absolute Gasteiger partial charge is 0.483 e. The Balaban J connectivity index is 1.84. The third kappa shape index (κ3) is 2.96. The van der Waals surface area contributed by atoms with Crippen molar-refractivity contribution in [3.8, 4) is 5.75 Å². The lowest BCUT2D eigenvalue weighted by molar-refractivity contribution is 0.100. The molecule has 0 atom stereocenters. The van der Waals surface area contributed by atoms with E-state index in [-0.39, 0.29) is 11.6 Å². The van der Waals surface area contributed by atoms with Gasteiger partial charge in [0.1, 0.15) is 11.4 Å². The zero-order valence-corrected chi connectivity index (χ0v) is 14.4. The molecule has 1 heterocycles. The van der Waals surface area contributed by atoms with Crippen molar-refractivity contribution >= 4 is 17.4 Å². The fourth-order valence-corrected chi connectivity index (χ4v) is 3.81. The second-order valence-electron chi connectivity index (χ2n) is 6.85. The maximum absolute atomic E-state index is 12.2. The lowest BCUT2D eigenvalue weighted by Gasteiger charge is -2.34. The zero-order chi connectivity index (χ0) is 18.1. The van der Waals surface area contributed by atoms with Crippen molar-refractivity contribution in [2.24, 2.45) is 16.5 Å². The van der Waals surface area contributed by atoms with Crippen molar-refractivity contribution in [1.82, 2.24) is 0 Å². The number of guanidine groups is 1.